The number of rotatable bonds is 6. The highest BCUT2D eigenvalue weighted by Gasteiger charge is 2.14. The van der Waals surface area contributed by atoms with Crippen molar-refractivity contribution >= 4 is 43.6 Å². The van der Waals surface area contributed by atoms with Crippen LogP contribution in [-0.2, 0) is 0 Å². The van der Waals surface area contributed by atoms with E-state index in [0.717, 1.165) is 94.1 Å². The number of nitrogens with zero attached hydrogens (tertiary/aromatic N) is 7. The average molecular weight is 742 g/mol. The Hall–Kier alpha value is -8.03. The Labute approximate surface area is 333 Å². The van der Waals surface area contributed by atoms with Crippen LogP contribution in [0.5, 0.6) is 0 Å². The van der Waals surface area contributed by atoms with E-state index in [1.54, 1.807) is 0 Å². The van der Waals surface area contributed by atoms with Gasteiger partial charge in [-0.25, -0.2) is 29.9 Å². The van der Waals surface area contributed by atoms with Crippen molar-refractivity contribution in [3.8, 4) is 67.9 Å². The maximum atomic E-state index is 5.18. The normalized spacial score (nSPS) is 11.4. The Morgan fingerprint density at radius 1 is 0.259 bits per heavy atom. The summed E-state index contributed by atoms with van der Waals surface area (Å²) in [6, 6.07) is 61.8. The molecule has 0 atom stereocenters. The Kier molecular flexibility index (Phi) is 8.00. The average Bonchev–Trinajstić information content (AvgIpc) is 3.31. The molecule has 0 unspecified atom stereocenters. The first-order valence-electron chi connectivity index (χ1n) is 19.1. The van der Waals surface area contributed by atoms with Gasteiger partial charge < -0.3 is 0 Å². The first kappa shape index (κ1) is 33.3. The molecule has 11 aromatic rings. The Morgan fingerprint density at radius 3 is 1.40 bits per heavy atom. The van der Waals surface area contributed by atoms with Crippen molar-refractivity contribution in [1.29, 1.82) is 0 Å². The van der Waals surface area contributed by atoms with Gasteiger partial charge in [-0.3, -0.25) is 4.98 Å². The molecule has 7 heteroatoms. The molecule has 0 N–H and O–H groups in total. The van der Waals surface area contributed by atoms with Crippen LogP contribution < -0.4 is 0 Å². The fourth-order valence-corrected chi connectivity index (χ4v) is 7.52. The summed E-state index contributed by atoms with van der Waals surface area (Å²) in [7, 11) is 0. The second kappa shape index (κ2) is 13.9. The Bertz CT molecular complexity index is 3290. The van der Waals surface area contributed by atoms with E-state index in [2.05, 4.69) is 96.0 Å². The zero-order valence-corrected chi connectivity index (χ0v) is 31.0. The van der Waals surface area contributed by atoms with Crippen molar-refractivity contribution in [2.45, 2.75) is 0 Å². The van der Waals surface area contributed by atoms with Crippen LogP contribution in [0.2, 0.25) is 0 Å². The molecule has 0 fully saturated rings. The molecule has 7 nitrogen and oxygen atoms in total. The van der Waals surface area contributed by atoms with Crippen molar-refractivity contribution in [2.75, 3.05) is 0 Å². The third-order valence-corrected chi connectivity index (χ3v) is 10.5. The van der Waals surface area contributed by atoms with Gasteiger partial charge in [0, 0.05) is 50.0 Å². The van der Waals surface area contributed by atoms with Crippen LogP contribution in [0.15, 0.2) is 188 Å². The number of pyridine rings is 4. The summed E-state index contributed by atoms with van der Waals surface area (Å²) in [5, 5.41) is 4.24. The minimum atomic E-state index is 0.604. The summed E-state index contributed by atoms with van der Waals surface area (Å²) >= 11 is 0. The van der Waals surface area contributed by atoms with Gasteiger partial charge in [-0.1, -0.05) is 140 Å². The quantitative estimate of drug-likeness (QED) is 0.157. The molecule has 0 saturated heterocycles. The summed E-state index contributed by atoms with van der Waals surface area (Å²) in [6.07, 6.45) is 1.81. The lowest BCUT2D eigenvalue weighted by Crippen LogP contribution is -2.00. The summed E-state index contributed by atoms with van der Waals surface area (Å²) in [6.45, 7) is 0. The summed E-state index contributed by atoms with van der Waals surface area (Å²) in [5.41, 5.74) is 11.9. The summed E-state index contributed by atoms with van der Waals surface area (Å²) in [5.74, 6) is 1.86. The van der Waals surface area contributed by atoms with Gasteiger partial charge in [-0.2, -0.15) is 0 Å². The van der Waals surface area contributed by atoms with Gasteiger partial charge >= 0.3 is 0 Å². The van der Waals surface area contributed by atoms with Crippen LogP contribution >= 0.6 is 0 Å². The molecule has 270 valence electrons. The predicted molar refractivity (Wildman–Crippen MR) is 234 cm³/mol. The van der Waals surface area contributed by atoms with E-state index in [-0.39, 0.29) is 0 Å². The second-order valence-corrected chi connectivity index (χ2v) is 14.2. The molecule has 0 spiro atoms. The van der Waals surface area contributed by atoms with Crippen LogP contribution in [0.4, 0.5) is 0 Å². The molecule has 58 heavy (non-hydrogen) atoms. The number of aromatic nitrogens is 7. The van der Waals surface area contributed by atoms with Crippen LogP contribution in [0, 0.1) is 0 Å². The molecule has 5 heterocycles. The van der Waals surface area contributed by atoms with E-state index in [9.17, 15) is 0 Å². The molecular formula is C51H31N7. The van der Waals surface area contributed by atoms with Crippen molar-refractivity contribution in [3.05, 3.63) is 188 Å². The first-order valence-corrected chi connectivity index (χ1v) is 19.1. The van der Waals surface area contributed by atoms with E-state index >= 15 is 0 Å². The standard InChI is InChI=1S/C51H31N7/c1-3-9-36(10-4-1)49-56-50(37-11-5-2-6-12-37)58-51(57-49)41-14-7-13-40(29-41)42-25-22-32-16-20-38(30-45(32)53-42)39-21-17-33-23-26-43(54-46(33)31-39)44-27-24-35-19-18-34-15-8-28-52-47(34)48(35)55-44/h1-31H. The monoisotopic (exact) mass is 741 g/mol. The molecular weight excluding hydrogens is 711 g/mol. The fraction of sp³-hybridized carbons (Fsp3) is 0. The van der Waals surface area contributed by atoms with Crippen molar-refractivity contribution in [1.82, 2.24) is 34.9 Å². The third kappa shape index (κ3) is 6.17. The molecule has 0 saturated carbocycles. The lowest BCUT2D eigenvalue weighted by Gasteiger charge is -2.10. The number of fused-ring (bicyclic) bond motifs is 5. The van der Waals surface area contributed by atoms with Gasteiger partial charge in [0.25, 0.3) is 0 Å². The third-order valence-electron chi connectivity index (χ3n) is 10.5. The molecule has 5 aromatic heterocycles. The molecule has 0 aliphatic heterocycles. The first-order chi connectivity index (χ1) is 28.7. The fourth-order valence-electron chi connectivity index (χ4n) is 7.52. The maximum Gasteiger partial charge on any atom is 0.164 e. The van der Waals surface area contributed by atoms with Crippen molar-refractivity contribution < 1.29 is 0 Å². The van der Waals surface area contributed by atoms with E-state index in [1.165, 1.54) is 0 Å². The summed E-state index contributed by atoms with van der Waals surface area (Å²) in [4.78, 5) is 34.7. The molecule has 0 radical (unpaired) electrons. The predicted octanol–water partition coefficient (Wildman–Crippen LogP) is 12.1. The van der Waals surface area contributed by atoms with Crippen LogP contribution in [-0.4, -0.2) is 34.9 Å². The number of hydrogen-bond donors (Lipinski definition) is 0. The van der Waals surface area contributed by atoms with Gasteiger partial charge in [0.1, 0.15) is 0 Å². The molecule has 0 bridgehead atoms. The molecule has 11 rings (SSSR count). The second-order valence-electron chi connectivity index (χ2n) is 14.2. The van der Waals surface area contributed by atoms with E-state index in [0.29, 0.717) is 17.5 Å². The minimum absolute atomic E-state index is 0.604. The molecule has 0 amide bonds. The highest BCUT2D eigenvalue weighted by atomic mass is 15.0. The van der Waals surface area contributed by atoms with Gasteiger partial charge in [-0.15, -0.1) is 0 Å². The molecule has 0 aliphatic carbocycles. The van der Waals surface area contributed by atoms with E-state index < -0.39 is 0 Å². The zero-order valence-electron chi connectivity index (χ0n) is 31.0. The number of benzene rings is 6. The lowest BCUT2D eigenvalue weighted by atomic mass is 10.0. The van der Waals surface area contributed by atoms with Gasteiger partial charge in [0.15, 0.2) is 17.5 Å². The smallest absolute Gasteiger partial charge is 0.164 e. The highest BCUT2D eigenvalue weighted by molar-refractivity contribution is 6.03. The Balaban J connectivity index is 0.938. The van der Waals surface area contributed by atoms with Gasteiger partial charge in [0.05, 0.1) is 39.1 Å². The van der Waals surface area contributed by atoms with Crippen LogP contribution in [0.3, 0.4) is 0 Å². The van der Waals surface area contributed by atoms with Crippen LogP contribution in [0.1, 0.15) is 0 Å². The van der Waals surface area contributed by atoms with Crippen LogP contribution in [0.25, 0.3) is 112 Å². The minimum Gasteiger partial charge on any atom is -0.254 e. The molecule has 0 aliphatic rings. The van der Waals surface area contributed by atoms with E-state index in [1.807, 2.05) is 97.2 Å². The highest BCUT2D eigenvalue weighted by Crippen LogP contribution is 2.32. The topological polar surface area (TPSA) is 90.2 Å². The summed E-state index contributed by atoms with van der Waals surface area (Å²) < 4.78 is 0. The molecule has 6 aromatic carbocycles. The van der Waals surface area contributed by atoms with Crippen molar-refractivity contribution in [2.24, 2.45) is 0 Å². The lowest BCUT2D eigenvalue weighted by molar-refractivity contribution is 1.07. The largest absolute Gasteiger partial charge is 0.254 e. The Morgan fingerprint density at radius 2 is 0.741 bits per heavy atom. The zero-order chi connectivity index (χ0) is 38.4. The SMILES string of the molecule is c1ccc(-c2nc(-c3ccccc3)nc(-c3cccc(-c4ccc5ccc(-c6ccc7ccc(-c8ccc9ccc%10cccnc%10c9n8)nc7c6)cc5n4)c3)n2)cc1. The van der Waals surface area contributed by atoms with Gasteiger partial charge in [-0.05, 0) is 53.6 Å². The number of hydrogen-bond acceptors (Lipinski definition) is 7. The van der Waals surface area contributed by atoms with E-state index in [4.69, 9.17) is 29.9 Å². The maximum absolute atomic E-state index is 5.18. The van der Waals surface area contributed by atoms with Crippen molar-refractivity contribution in [3.63, 3.8) is 0 Å². The van der Waals surface area contributed by atoms with Gasteiger partial charge in [0.2, 0.25) is 0 Å².